The van der Waals surface area contributed by atoms with Crippen LogP contribution in [0.1, 0.15) is 10.4 Å². The lowest BCUT2D eigenvalue weighted by Crippen LogP contribution is -2.20. The van der Waals surface area contributed by atoms with Crippen LogP contribution in [0.5, 0.6) is 0 Å². The average Bonchev–Trinajstić information content (AvgIpc) is 2.90. The fourth-order valence-electron chi connectivity index (χ4n) is 1.57. The summed E-state index contributed by atoms with van der Waals surface area (Å²) in [6.45, 7) is 0. The highest BCUT2D eigenvalue weighted by molar-refractivity contribution is 7.09. The lowest BCUT2D eigenvalue weighted by atomic mass is 10.2. The van der Waals surface area contributed by atoms with E-state index in [1.165, 1.54) is 6.07 Å². The Kier molecular flexibility index (Phi) is 2.76. The van der Waals surface area contributed by atoms with Gasteiger partial charge < -0.3 is 4.42 Å². The summed E-state index contributed by atoms with van der Waals surface area (Å²) >= 11 is 0.919. The number of amides is 1. The first-order valence-electron chi connectivity index (χ1n) is 5.23. The van der Waals surface area contributed by atoms with Gasteiger partial charge in [0.2, 0.25) is 5.13 Å². The second-order valence-electron chi connectivity index (χ2n) is 3.61. The summed E-state index contributed by atoms with van der Waals surface area (Å²) in [5, 5.41) is 10.2. The number of hydrogen-bond acceptors (Lipinski definition) is 7. The first-order valence-corrected chi connectivity index (χ1v) is 6.00. The molecule has 1 N–H and O–H groups in total. The Balaban J connectivity index is 2.02. The van der Waals surface area contributed by atoms with Crippen molar-refractivity contribution in [2.45, 2.75) is 0 Å². The van der Waals surface area contributed by atoms with E-state index in [0.717, 1.165) is 11.5 Å². The quantitative estimate of drug-likeness (QED) is 0.707. The third-order valence-electron chi connectivity index (χ3n) is 2.41. The highest BCUT2D eigenvalue weighted by Gasteiger charge is 2.15. The zero-order chi connectivity index (χ0) is 13.2. The molecule has 0 fully saturated rings. The molecule has 0 saturated heterocycles. The van der Waals surface area contributed by atoms with Gasteiger partial charge in [-0.2, -0.15) is 0 Å². The van der Waals surface area contributed by atoms with Gasteiger partial charge in [0.1, 0.15) is 11.1 Å². The molecular weight excluding hydrogens is 268 g/mol. The van der Waals surface area contributed by atoms with Gasteiger partial charge in [0.15, 0.2) is 0 Å². The van der Waals surface area contributed by atoms with Crippen LogP contribution in [0.4, 0.5) is 5.13 Å². The first-order chi connectivity index (χ1) is 9.24. The molecule has 3 rings (SSSR count). The van der Waals surface area contributed by atoms with Crippen molar-refractivity contribution in [2.24, 2.45) is 0 Å². The number of fused-ring (bicyclic) bond motifs is 1. The molecule has 0 aliphatic rings. The summed E-state index contributed by atoms with van der Waals surface area (Å²) in [5.74, 6) is -0.599. The first kappa shape index (κ1) is 11.5. The molecule has 3 aromatic rings. The molecule has 0 saturated carbocycles. The van der Waals surface area contributed by atoms with Crippen LogP contribution in [0, 0.1) is 0 Å². The van der Waals surface area contributed by atoms with E-state index in [9.17, 15) is 9.59 Å². The Morgan fingerprint density at radius 3 is 2.95 bits per heavy atom. The Morgan fingerprint density at radius 2 is 2.16 bits per heavy atom. The van der Waals surface area contributed by atoms with Gasteiger partial charge in [0, 0.05) is 16.9 Å². The summed E-state index contributed by atoms with van der Waals surface area (Å²) in [5.41, 5.74) is -0.357. The Labute approximate surface area is 110 Å². The summed E-state index contributed by atoms with van der Waals surface area (Å²) < 4.78 is 8.57. The monoisotopic (exact) mass is 274 g/mol. The SMILES string of the molecule is O=C(Nc1nnns1)c1cc2ccccc2oc1=O. The van der Waals surface area contributed by atoms with Crippen LogP contribution in [0.15, 0.2) is 39.5 Å². The van der Waals surface area contributed by atoms with Crippen molar-refractivity contribution in [2.75, 3.05) is 5.32 Å². The molecule has 2 aromatic heterocycles. The molecule has 0 aliphatic heterocycles. The van der Waals surface area contributed by atoms with Crippen molar-refractivity contribution in [3.05, 3.63) is 46.3 Å². The summed E-state index contributed by atoms with van der Waals surface area (Å²) in [6.07, 6.45) is 0. The van der Waals surface area contributed by atoms with Crippen LogP contribution < -0.4 is 10.9 Å². The number of nitrogens with zero attached hydrogens (tertiary/aromatic N) is 3. The summed E-state index contributed by atoms with van der Waals surface area (Å²) in [7, 11) is 0. The van der Waals surface area contributed by atoms with Gasteiger partial charge in [0.25, 0.3) is 5.91 Å². The van der Waals surface area contributed by atoms with Crippen molar-refractivity contribution in [3.8, 4) is 0 Å². The Hall–Kier alpha value is -2.61. The zero-order valence-electron chi connectivity index (χ0n) is 9.36. The maximum absolute atomic E-state index is 11.9. The van der Waals surface area contributed by atoms with Crippen LogP contribution in [0.2, 0.25) is 0 Å². The predicted molar refractivity (Wildman–Crippen MR) is 68.1 cm³/mol. The minimum absolute atomic E-state index is 0.0890. The highest BCUT2D eigenvalue weighted by atomic mass is 32.1. The third kappa shape index (κ3) is 2.20. The maximum atomic E-state index is 11.9. The molecular formula is C11H6N4O3S. The summed E-state index contributed by atoms with van der Waals surface area (Å²) in [6, 6.07) is 8.43. The number of anilines is 1. The minimum atomic E-state index is -0.700. The molecule has 8 heteroatoms. The van der Waals surface area contributed by atoms with E-state index in [4.69, 9.17) is 4.42 Å². The lowest BCUT2D eigenvalue weighted by molar-refractivity contribution is 0.102. The fourth-order valence-corrected chi connectivity index (χ4v) is 1.93. The second kappa shape index (κ2) is 4.58. The van der Waals surface area contributed by atoms with Crippen molar-refractivity contribution in [1.82, 2.24) is 14.8 Å². The Bertz CT molecular complexity index is 797. The van der Waals surface area contributed by atoms with E-state index in [-0.39, 0.29) is 10.7 Å². The minimum Gasteiger partial charge on any atom is -0.422 e. The normalized spacial score (nSPS) is 10.5. The molecule has 0 unspecified atom stereocenters. The van der Waals surface area contributed by atoms with Crippen LogP contribution >= 0.6 is 11.5 Å². The van der Waals surface area contributed by atoms with Gasteiger partial charge in [0.05, 0.1) is 0 Å². The fraction of sp³-hybridized carbons (Fsp3) is 0. The van der Waals surface area contributed by atoms with Gasteiger partial charge in [-0.15, -0.1) is 0 Å². The smallest absolute Gasteiger partial charge is 0.349 e. The van der Waals surface area contributed by atoms with Crippen molar-refractivity contribution in [1.29, 1.82) is 0 Å². The van der Waals surface area contributed by atoms with Gasteiger partial charge in [-0.05, 0) is 17.3 Å². The average molecular weight is 274 g/mol. The number of hydrogen-bond donors (Lipinski definition) is 1. The molecule has 0 aliphatic carbocycles. The zero-order valence-corrected chi connectivity index (χ0v) is 10.2. The third-order valence-corrected chi connectivity index (χ3v) is 2.92. The van der Waals surface area contributed by atoms with Crippen LogP contribution in [-0.2, 0) is 0 Å². The van der Waals surface area contributed by atoms with Crippen molar-refractivity contribution >= 4 is 33.5 Å². The summed E-state index contributed by atoms with van der Waals surface area (Å²) in [4.78, 5) is 23.6. The molecule has 2 heterocycles. The van der Waals surface area contributed by atoms with Crippen LogP contribution in [0.25, 0.3) is 11.0 Å². The molecule has 94 valence electrons. The topological polar surface area (TPSA) is 98.0 Å². The van der Waals surface area contributed by atoms with Gasteiger partial charge in [-0.3, -0.25) is 10.1 Å². The standard InChI is InChI=1S/C11H6N4O3S/c16-9(12-11-13-14-15-19-11)7-5-6-3-1-2-4-8(6)18-10(7)17/h1-5H,(H,12,13,15,16). The van der Waals surface area contributed by atoms with Crippen LogP contribution in [0.3, 0.4) is 0 Å². The predicted octanol–water partition coefficient (Wildman–Crippen LogP) is 1.29. The largest absolute Gasteiger partial charge is 0.422 e. The van der Waals surface area contributed by atoms with E-state index in [1.807, 2.05) is 0 Å². The molecule has 0 radical (unpaired) electrons. The van der Waals surface area contributed by atoms with E-state index < -0.39 is 11.5 Å². The van der Waals surface area contributed by atoms with Gasteiger partial charge in [-0.1, -0.05) is 27.8 Å². The number of nitrogens with one attached hydrogen (secondary N) is 1. The number of carbonyl (C=O) groups is 1. The number of para-hydroxylation sites is 1. The number of rotatable bonds is 2. The maximum Gasteiger partial charge on any atom is 0.349 e. The van der Waals surface area contributed by atoms with E-state index in [0.29, 0.717) is 11.0 Å². The van der Waals surface area contributed by atoms with Crippen LogP contribution in [-0.4, -0.2) is 20.7 Å². The number of carbonyl (C=O) groups excluding carboxylic acids is 1. The van der Waals surface area contributed by atoms with E-state index >= 15 is 0 Å². The van der Waals surface area contributed by atoms with Crippen molar-refractivity contribution < 1.29 is 9.21 Å². The van der Waals surface area contributed by atoms with Gasteiger partial charge >= 0.3 is 5.63 Å². The van der Waals surface area contributed by atoms with E-state index in [1.54, 1.807) is 24.3 Å². The number of aromatic nitrogens is 3. The van der Waals surface area contributed by atoms with Crippen molar-refractivity contribution in [3.63, 3.8) is 0 Å². The molecule has 0 bridgehead atoms. The molecule has 0 spiro atoms. The second-order valence-corrected chi connectivity index (χ2v) is 4.34. The molecule has 1 amide bonds. The van der Waals surface area contributed by atoms with Gasteiger partial charge in [-0.25, -0.2) is 4.79 Å². The lowest BCUT2D eigenvalue weighted by Gasteiger charge is -2.01. The molecule has 19 heavy (non-hydrogen) atoms. The Morgan fingerprint density at radius 1 is 1.32 bits per heavy atom. The molecule has 1 aromatic carbocycles. The molecule has 7 nitrogen and oxygen atoms in total. The highest BCUT2D eigenvalue weighted by Crippen LogP contribution is 2.14. The number of benzene rings is 1. The molecule has 0 atom stereocenters. The van der Waals surface area contributed by atoms with E-state index in [2.05, 4.69) is 20.1 Å².